The van der Waals surface area contributed by atoms with Crippen molar-refractivity contribution in [2.24, 2.45) is 0 Å². The lowest BCUT2D eigenvalue weighted by atomic mass is 10.0. The molecular formula is C18H17N3O7. The van der Waals surface area contributed by atoms with Gasteiger partial charge in [0.05, 0.1) is 11.1 Å². The highest BCUT2D eigenvalue weighted by Gasteiger charge is 2.44. The van der Waals surface area contributed by atoms with Crippen LogP contribution in [0.2, 0.25) is 0 Å². The molecule has 4 amide bonds. The molecule has 146 valence electrons. The molecule has 0 radical (unpaired) electrons. The van der Waals surface area contributed by atoms with E-state index < -0.39 is 41.7 Å². The van der Waals surface area contributed by atoms with Crippen molar-refractivity contribution in [3.63, 3.8) is 0 Å². The van der Waals surface area contributed by atoms with Crippen LogP contribution in [0.5, 0.6) is 0 Å². The Kier molecular flexibility index (Phi) is 5.21. The molecule has 10 heteroatoms. The van der Waals surface area contributed by atoms with Gasteiger partial charge in [-0.25, -0.2) is 4.79 Å². The van der Waals surface area contributed by atoms with Gasteiger partial charge in [0.2, 0.25) is 11.8 Å². The smallest absolute Gasteiger partial charge is 0.326 e. The topological polar surface area (TPSA) is 150 Å². The van der Waals surface area contributed by atoms with Crippen molar-refractivity contribution in [1.29, 1.82) is 0 Å². The molecule has 0 bridgehead atoms. The van der Waals surface area contributed by atoms with Gasteiger partial charge in [-0.05, 0) is 31.0 Å². The number of carboxylic acid groups (broad SMARTS) is 1. The van der Waals surface area contributed by atoms with Crippen LogP contribution >= 0.6 is 0 Å². The molecule has 1 aromatic carbocycles. The minimum atomic E-state index is -1.16. The van der Waals surface area contributed by atoms with Crippen molar-refractivity contribution in [2.45, 2.75) is 37.8 Å². The Morgan fingerprint density at radius 3 is 2.61 bits per heavy atom. The van der Waals surface area contributed by atoms with Gasteiger partial charge in [0.1, 0.15) is 18.4 Å². The summed E-state index contributed by atoms with van der Waals surface area (Å²) in [5.74, 6) is -3.65. The van der Waals surface area contributed by atoms with E-state index in [1.165, 1.54) is 18.2 Å². The predicted molar refractivity (Wildman–Crippen MR) is 93.5 cm³/mol. The number of carbonyl (C=O) groups is 6. The average Bonchev–Trinajstić information content (AvgIpc) is 2.89. The van der Waals surface area contributed by atoms with Crippen LogP contribution in [0.1, 0.15) is 46.4 Å². The van der Waals surface area contributed by atoms with E-state index in [0.717, 1.165) is 4.90 Å². The quantitative estimate of drug-likeness (QED) is 0.435. The highest BCUT2D eigenvalue weighted by molar-refractivity contribution is 6.23. The number of carbonyl (C=O) groups excluding carboxylic acids is 5. The lowest BCUT2D eigenvalue weighted by Crippen LogP contribution is -2.54. The molecule has 1 saturated heterocycles. The van der Waals surface area contributed by atoms with Crippen LogP contribution in [0.4, 0.5) is 5.69 Å². The summed E-state index contributed by atoms with van der Waals surface area (Å²) < 4.78 is 0. The fourth-order valence-corrected chi connectivity index (χ4v) is 3.25. The van der Waals surface area contributed by atoms with E-state index in [4.69, 9.17) is 0 Å². The van der Waals surface area contributed by atoms with E-state index in [2.05, 4.69) is 10.6 Å². The van der Waals surface area contributed by atoms with Crippen molar-refractivity contribution < 1.29 is 33.9 Å². The Labute approximate surface area is 158 Å². The largest absolute Gasteiger partial charge is 0.480 e. The number of anilines is 1. The maximum Gasteiger partial charge on any atom is 0.326 e. The fourth-order valence-electron chi connectivity index (χ4n) is 3.25. The lowest BCUT2D eigenvalue weighted by molar-refractivity contribution is -0.138. The molecule has 3 rings (SSSR count). The van der Waals surface area contributed by atoms with E-state index in [1.807, 2.05) is 0 Å². The number of benzene rings is 1. The highest BCUT2D eigenvalue weighted by atomic mass is 16.4. The Hall–Kier alpha value is -3.56. The second-order valence-corrected chi connectivity index (χ2v) is 6.49. The molecule has 2 unspecified atom stereocenters. The first-order valence-electron chi connectivity index (χ1n) is 8.62. The van der Waals surface area contributed by atoms with Crippen LogP contribution < -0.4 is 10.6 Å². The fraction of sp³-hybridized carbons (Fsp3) is 0.333. The summed E-state index contributed by atoms with van der Waals surface area (Å²) in [6.45, 7) is 0. The summed E-state index contributed by atoms with van der Waals surface area (Å²) in [5.41, 5.74) is 0.433. The van der Waals surface area contributed by atoms with Crippen LogP contribution in [-0.2, 0) is 19.2 Å². The van der Waals surface area contributed by atoms with Crippen molar-refractivity contribution in [2.75, 3.05) is 5.32 Å². The second-order valence-electron chi connectivity index (χ2n) is 6.49. The summed E-state index contributed by atoms with van der Waals surface area (Å²) in [6.07, 6.45) is 0.794. The first kappa shape index (κ1) is 19.2. The number of nitrogens with zero attached hydrogens (tertiary/aromatic N) is 1. The Morgan fingerprint density at radius 2 is 1.96 bits per heavy atom. The number of nitrogens with one attached hydrogen (secondary N) is 2. The highest BCUT2D eigenvalue weighted by Crippen LogP contribution is 2.29. The normalized spacial score (nSPS) is 19.9. The number of carboxylic acids is 1. The monoisotopic (exact) mass is 387 g/mol. The third-order valence-electron chi connectivity index (χ3n) is 4.65. The predicted octanol–water partition coefficient (Wildman–Crippen LogP) is -0.0680. The van der Waals surface area contributed by atoms with E-state index >= 15 is 0 Å². The van der Waals surface area contributed by atoms with Gasteiger partial charge in [0.25, 0.3) is 11.8 Å². The second kappa shape index (κ2) is 7.59. The number of hydrogen-bond acceptors (Lipinski definition) is 7. The molecule has 2 heterocycles. The number of aldehydes is 1. The zero-order chi connectivity index (χ0) is 20.4. The Bertz CT molecular complexity index is 895. The molecule has 3 N–H and O–H groups in total. The molecule has 28 heavy (non-hydrogen) atoms. The standard InChI is InChI=1S/C18H17N3O7/c22-7-1-2-12(18(27)28)19-9-3-4-10-11(8-9)17(26)21(16(10)25)13-5-6-14(23)20-15(13)24/h3-4,7-8,12-13,19H,1-2,5-6H2,(H,27,28)(H,20,23,24). The molecule has 2 aliphatic rings. The van der Waals surface area contributed by atoms with E-state index in [1.54, 1.807) is 0 Å². The molecule has 0 spiro atoms. The number of rotatable bonds is 7. The first-order chi connectivity index (χ1) is 13.3. The lowest BCUT2D eigenvalue weighted by Gasteiger charge is -2.27. The minimum absolute atomic E-state index is 0.0215. The van der Waals surface area contributed by atoms with Gasteiger partial charge >= 0.3 is 5.97 Å². The van der Waals surface area contributed by atoms with Gasteiger partial charge in [-0.2, -0.15) is 0 Å². The maximum atomic E-state index is 12.7. The van der Waals surface area contributed by atoms with Crippen LogP contribution in [0.15, 0.2) is 18.2 Å². The van der Waals surface area contributed by atoms with Crippen molar-refractivity contribution in [1.82, 2.24) is 10.2 Å². The third-order valence-corrected chi connectivity index (χ3v) is 4.65. The van der Waals surface area contributed by atoms with Gasteiger partial charge in [-0.1, -0.05) is 0 Å². The van der Waals surface area contributed by atoms with Crippen molar-refractivity contribution >= 4 is 41.6 Å². The molecule has 2 aliphatic heterocycles. The molecule has 0 aliphatic carbocycles. The van der Waals surface area contributed by atoms with Crippen molar-refractivity contribution in [3.05, 3.63) is 29.3 Å². The number of fused-ring (bicyclic) bond motifs is 1. The maximum absolute atomic E-state index is 12.7. The molecule has 10 nitrogen and oxygen atoms in total. The molecule has 2 atom stereocenters. The van der Waals surface area contributed by atoms with Gasteiger partial charge in [-0.3, -0.25) is 29.4 Å². The number of amides is 4. The van der Waals surface area contributed by atoms with Crippen LogP contribution in [0.3, 0.4) is 0 Å². The first-order valence-corrected chi connectivity index (χ1v) is 8.62. The number of imide groups is 2. The number of hydrogen-bond donors (Lipinski definition) is 3. The zero-order valence-electron chi connectivity index (χ0n) is 14.6. The molecule has 1 fully saturated rings. The van der Waals surface area contributed by atoms with E-state index in [0.29, 0.717) is 12.0 Å². The Balaban J connectivity index is 1.83. The number of aliphatic carboxylic acids is 1. The van der Waals surface area contributed by atoms with Crippen molar-refractivity contribution in [3.8, 4) is 0 Å². The number of piperidine rings is 1. The van der Waals surface area contributed by atoms with Crippen LogP contribution in [0, 0.1) is 0 Å². The van der Waals surface area contributed by atoms with Gasteiger partial charge in [-0.15, -0.1) is 0 Å². The molecule has 0 saturated carbocycles. The summed E-state index contributed by atoms with van der Waals surface area (Å²) in [5, 5.41) is 14.1. The van der Waals surface area contributed by atoms with Crippen LogP contribution in [0.25, 0.3) is 0 Å². The van der Waals surface area contributed by atoms with Gasteiger partial charge < -0.3 is 15.2 Å². The summed E-state index contributed by atoms with van der Waals surface area (Å²) in [4.78, 5) is 71.3. The summed E-state index contributed by atoms with van der Waals surface area (Å²) >= 11 is 0. The molecular weight excluding hydrogens is 370 g/mol. The summed E-state index contributed by atoms with van der Waals surface area (Å²) in [7, 11) is 0. The van der Waals surface area contributed by atoms with E-state index in [9.17, 15) is 33.9 Å². The average molecular weight is 387 g/mol. The molecule has 0 aromatic heterocycles. The molecule has 1 aromatic rings. The van der Waals surface area contributed by atoms with Gasteiger partial charge in [0.15, 0.2) is 0 Å². The zero-order valence-corrected chi connectivity index (χ0v) is 14.6. The minimum Gasteiger partial charge on any atom is -0.480 e. The Morgan fingerprint density at radius 1 is 1.25 bits per heavy atom. The SMILES string of the molecule is O=CCCC(Nc1ccc2c(c1)C(=O)N(C1CCC(=O)NC1=O)C2=O)C(=O)O. The third kappa shape index (κ3) is 3.48. The van der Waals surface area contributed by atoms with Crippen LogP contribution in [-0.4, -0.2) is 58.0 Å². The van der Waals surface area contributed by atoms with E-state index in [-0.39, 0.29) is 36.8 Å². The van der Waals surface area contributed by atoms with Gasteiger partial charge in [0, 0.05) is 18.5 Å². The summed E-state index contributed by atoms with van der Waals surface area (Å²) in [6, 6.07) is 2.07.